The summed E-state index contributed by atoms with van der Waals surface area (Å²) in [4.78, 5) is 42.7. The van der Waals surface area contributed by atoms with Crippen molar-refractivity contribution in [1.82, 2.24) is 0 Å². The van der Waals surface area contributed by atoms with Gasteiger partial charge in [-0.25, -0.2) is 18.4 Å². The molecule has 0 fully saturated rings. The number of nitrogens with zero attached hydrogens (tertiary/aromatic N) is 2. The van der Waals surface area contributed by atoms with Gasteiger partial charge in [0, 0.05) is 0 Å². The smallest absolute Gasteiger partial charge is 0.336 e. The highest BCUT2D eigenvalue weighted by Gasteiger charge is 2.34. The number of aromatic carboxylic acids is 2. The number of nitro benzene ring substituents is 2. The van der Waals surface area contributed by atoms with Gasteiger partial charge in [-0.3, -0.25) is 20.2 Å². The zero-order valence-electron chi connectivity index (χ0n) is 12.3. The van der Waals surface area contributed by atoms with E-state index in [1.54, 1.807) is 0 Å². The van der Waals surface area contributed by atoms with Gasteiger partial charge < -0.3 is 10.2 Å². The highest BCUT2D eigenvalue weighted by Crippen LogP contribution is 2.42. The third kappa shape index (κ3) is 3.15. The van der Waals surface area contributed by atoms with E-state index in [2.05, 4.69) is 0 Å². The van der Waals surface area contributed by atoms with Crippen molar-refractivity contribution in [3.8, 4) is 11.1 Å². The summed E-state index contributed by atoms with van der Waals surface area (Å²) < 4.78 is 27.1. The molecule has 0 bridgehead atoms. The topological polar surface area (TPSA) is 161 Å². The number of rotatable bonds is 5. The lowest BCUT2D eigenvalue weighted by atomic mass is 9.92. The SMILES string of the molecule is O=C(O)c1cc(F)cc([N+](=O)[O-])c1-c1c(C(=O)O)cc(F)cc1[N+](=O)[O-]. The van der Waals surface area contributed by atoms with Crippen molar-refractivity contribution < 1.29 is 38.4 Å². The highest BCUT2D eigenvalue weighted by molar-refractivity contribution is 6.06. The maximum absolute atomic E-state index is 13.5. The summed E-state index contributed by atoms with van der Waals surface area (Å²) in [5, 5.41) is 40.8. The first-order chi connectivity index (χ1) is 12.0. The molecule has 0 amide bonds. The number of carboxylic acids is 2. The van der Waals surface area contributed by atoms with Crippen LogP contribution >= 0.6 is 0 Å². The van der Waals surface area contributed by atoms with Crippen LogP contribution in [0.2, 0.25) is 0 Å². The van der Waals surface area contributed by atoms with Crippen LogP contribution in [0.15, 0.2) is 24.3 Å². The van der Waals surface area contributed by atoms with Crippen LogP contribution in [0.25, 0.3) is 11.1 Å². The summed E-state index contributed by atoms with van der Waals surface area (Å²) in [6.45, 7) is 0. The molecule has 0 atom stereocenters. The van der Waals surface area contributed by atoms with E-state index in [0.717, 1.165) is 0 Å². The van der Waals surface area contributed by atoms with Gasteiger partial charge in [-0.15, -0.1) is 0 Å². The van der Waals surface area contributed by atoms with E-state index in [-0.39, 0.29) is 12.1 Å². The fraction of sp³-hybridized carbons (Fsp3) is 0. The van der Waals surface area contributed by atoms with Crippen molar-refractivity contribution in [2.45, 2.75) is 0 Å². The fourth-order valence-electron chi connectivity index (χ4n) is 2.34. The molecule has 2 aromatic carbocycles. The van der Waals surface area contributed by atoms with Crippen LogP contribution in [0.5, 0.6) is 0 Å². The minimum Gasteiger partial charge on any atom is -0.478 e. The first-order valence-corrected chi connectivity index (χ1v) is 6.47. The molecule has 12 heteroatoms. The average Bonchev–Trinajstić information content (AvgIpc) is 2.53. The number of carbonyl (C=O) groups is 2. The number of carboxylic acid groups (broad SMARTS) is 2. The zero-order valence-corrected chi connectivity index (χ0v) is 12.3. The molecule has 0 saturated heterocycles. The average molecular weight is 368 g/mol. The molecule has 0 aromatic heterocycles. The van der Waals surface area contributed by atoms with Crippen LogP contribution in [0.3, 0.4) is 0 Å². The second-order valence-corrected chi connectivity index (χ2v) is 4.82. The summed E-state index contributed by atoms with van der Waals surface area (Å²) in [6.07, 6.45) is 0. The Kier molecular flexibility index (Phi) is 4.60. The lowest BCUT2D eigenvalue weighted by Crippen LogP contribution is -2.10. The third-order valence-electron chi connectivity index (χ3n) is 3.27. The van der Waals surface area contributed by atoms with E-state index in [0.29, 0.717) is 12.1 Å². The maximum Gasteiger partial charge on any atom is 0.336 e. The quantitative estimate of drug-likeness (QED) is 0.601. The molecule has 0 heterocycles. The van der Waals surface area contributed by atoms with Crippen molar-refractivity contribution in [3.63, 3.8) is 0 Å². The number of nitro groups is 2. The summed E-state index contributed by atoms with van der Waals surface area (Å²) in [7, 11) is 0. The standard InChI is InChI=1S/C14H6F2N2O8/c15-5-1-7(13(19)20)11(9(3-5)17(23)24)12-8(14(21)22)2-6(16)4-10(12)18(25)26/h1-4H,(H,19,20)(H,21,22). The van der Waals surface area contributed by atoms with Crippen molar-refractivity contribution >= 4 is 23.3 Å². The molecule has 2 N–H and O–H groups in total. The van der Waals surface area contributed by atoms with Gasteiger partial charge in [0.05, 0.1) is 44.2 Å². The normalized spacial score (nSPS) is 10.4. The van der Waals surface area contributed by atoms with E-state index in [1.165, 1.54) is 0 Å². The number of hydrogen-bond donors (Lipinski definition) is 2. The fourth-order valence-corrected chi connectivity index (χ4v) is 2.34. The Hall–Kier alpha value is -3.96. The van der Waals surface area contributed by atoms with E-state index in [4.69, 9.17) is 0 Å². The minimum absolute atomic E-state index is 0.278. The molecule has 134 valence electrons. The van der Waals surface area contributed by atoms with Crippen LogP contribution < -0.4 is 0 Å². The summed E-state index contributed by atoms with van der Waals surface area (Å²) in [5.74, 6) is -6.48. The van der Waals surface area contributed by atoms with Crippen molar-refractivity contribution in [3.05, 3.63) is 67.3 Å². The van der Waals surface area contributed by atoms with Crippen molar-refractivity contribution in [1.29, 1.82) is 0 Å². The Balaban J connectivity index is 3.14. The Morgan fingerprint density at radius 1 is 0.769 bits per heavy atom. The Labute approximate surface area is 141 Å². The zero-order chi connectivity index (χ0) is 19.8. The predicted octanol–water partition coefficient (Wildman–Crippen LogP) is 2.84. The van der Waals surface area contributed by atoms with E-state index < -0.39 is 67.0 Å². The maximum atomic E-state index is 13.5. The molecule has 2 aromatic rings. The molecule has 2 rings (SSSR count). The lowest BCUT2D eigenvalue weighted by Gasteiger charge is -2.11. The van der Waals surface area contributed by atoms with Crippen LogP contribution in [0.1, 0.15) is 20.7 Å². The van der Waals surface area contributed by atoms with E-state index in [1.807, 2.05) is 0 Å². The molecule has 0 saturated carbocycles. The molecule has 0 radical (unpaired) electrons. The van der Waals surface area contributed by atoms with Gasteiger partial charge >= 0.3 is 11.9 Å². The van der Waals surface area contributed by atoms with E-state index >= 15 is 0 Å². The van der Waals surface area contributed by atoms with Crippen LogP contribution in [-0.4, -0.2) is 32.0 Å². The number of benzene rings is 2. The molecule has 0 unspecified atom stereocenters. The Morgan fingerprint density at radius 3 is 1.31 bits per heavy atom. The lowest BCUT2D eigenvalue weighted by molar-refractivity contribution is -0.386. The van der Waals surface area contributed by atoms with Gasteiger partial charge in [-0.2, -0.15) is 0 Å². The second-order valence-electron chi connectivity index (χ2n) is 4.82. The first-order valence-electron chi connectivity index (χ1n) is 6.47. The largest absolute Gasteiger partial charge is 0.478 e. The summed E-state index contributed by atoms with van der Waals surface area (Å²) in [5.41, 5.74) is -6.66. The molecular weight excluding hydrogens is 362 g/mol. The molecule has 10 nitrogen and oxygen atoms in total. The molecule has 0 aliphatic heterocycles. The van der Waals surface area contributed by atoms with E-state index in [9.17, 15) is 48.8 Å². The van der Waals surface area contributed by atoms with Gasteiger partial charge in [-0.1, -0.05) is 0 Å². The van der Waals surface area contributed by atoms with Gasteiger partial charge in [-0.05, 0) is 12.1 Å². The number of hydrogen-bond acceptors (Lipinski definition) is 6. The van der Waals surface area contributed by atoms with Crippen molar-refractivity contribution in [2.75, 3.05) is 0 Å². The molecule has 0 aliphatic carbocycles. The number of halogens is 2. The van der Waals surface area contributed by atoms with Crippen LogP contribution in [-0.2, 0) is 0 Å². The van der Waals surface area contributed by atoms with Gasteiger partial charge in [0.15, 0.2) is 0 Å². The first kappa shape index (κ1) is 18.4. The van der Waals surface area contributed by atoms with Crippen molar-refractivity contribution in [2.24, 2.45) is 0 Å². The van der Waals surface area contributed by atoms with Gasteiger partial charge in [0.1, 0.15) is 11.6 Å². The molecular formula is C14H6F2N2O8. The predicted molar refractivity (Wildman–Crippen MR) is 79.0 cm³/mol. The van der Waals surface area contributed by atoms with Gasteiger partial charge in [0.25, 0.3) is 11.4 Å². The Bertz CT molecular complexity index is 839. The van der Waals surface area contributed by atoms with Crippen LogP contribution in [0, 0.1) is 31.9 Å². The molecule has 26 heavy (non-hydrogen) atoms. The highest BCUT2D eigenvalue weighted by atomic mass is 19.1. The monoisotopic (exact) mass is 368 g/mol. The summed E-state index contributed by atoms with van der Waals surface area (Å²) in [6, 6.07) is 1.23. The third-order valence-corrected chi connectivity index (χ3v) is 3.27. The Morgan fingerprint density at radius 2 is 1.08 bits per heavy atom. The van der Waals surface area contributed by atoms with Gasteiger partial charge in [0.2, 0.25) is 0 Å². The molecule has 0 aliphatic rings. The molecule has 0 spiro atoms. The van der Waals surface area contributed by atoms with Crippen LogP contribution in [0.4, 0.5) is 20.2 Å². The second kappa shape index (κ2) is 6.51. The minimum atomic E-state index is -1.91. The summed E-state index contributed by atoms with van der Waals surface area (Å²) >= 11 is 0.